The molecule has 1 atom stereocenters. The predicted octanol–water partition coefficient (Wildman–Crippen LogP) is 5.29. The Morgan fingerprint density at radius 2 is 1.63 bits per heavy atom. The molecular formula is C34H42ClN5O3. The number of nitrogens with one attached hydrogen (secondary N) is 1. The second kappa shape index (κ2) is 11.6. The fraction of sp³-hybridized carbons (Fsp3) is 0.500. The largest absolute Gasteiger partial charge is 0.368 e. The van der Waals surface area contributed by atoms with E-state index < -0.39 is 11.6 Å². The van der Waals surface area contributed by atoms with Crippen LogP contribution in [0.25, 0.3) is 0 Å². The molecule has 3 aliphatic heterocycles. The van der Waals surface area contributed by atoms with Gasteiger partial charge in [0.15, 0.2) is 5.78 Å². The number of halogens is 1. The van der Waals surface area contributed by atoms with Crippen LogP contribution < -0.4 is 16.0 Å². The molecule has 2 amide bonds. The first kappa shape index (κ1) is 29.7. The Morgan fingerprint density at radius 1 is 0.953 bits per heavy atom. The van der Waals surface area contributed by atoms with Gasteiger partial charge < -0.3 is 20.9 Å². The van der Waals surface area contributed by atoms with Gasteiger partial charge in [0.2, 0.25) is 11.8 Å². The van der Waals surface area contributed by atoms with E-state index in [-0.39, 0.29) is 29.6 Å². The van der Waals surface area contributed by atoms with Gasteiger partial charge in [-0.05, 0) is 74.4 Å². The van der Waals surface area contributed by atoms with E-state index in [1.807, 2.05) is 58.3 Å². The average molecular weight is 604 g/mol. The third-order valence-electron chi connectivity index (χ3n) is 9.87. The highest BCUT2D eigenvalue weighted by Crippen LogP contribution is 2.49. The maximum Gasteiger partial charge on any atom is 0.242 e. The summed E-state index contributed by atoms with van der Waals surface area (Å²) in [5.41, 5.74) is 9.19. The van der Waals surface area contributed by atoms with Crippen LogP contribution in [0.15, 0.2) is 59.8 Å². The van der Waals surface area contributed by atoms with Crippen molar-refractivity contribution >= 4 is 40.6 Å². The van der Waals surface area contributed by atoms with E-state index in [9.17, 15) is 14.4 Å². The number of hydrogen-bond acceptors (Lipinski definition) is 6. The molecule has 8 nitrogen and oxygen atoms in total. The number of ketones is 1. The Morgan fingerprint density at radius 3 is 2.33 bits per heavy atom. The Bertz CT molecular complexity index is 1460. The van der Waals surface area contributed by atoms with Crippen molar-refractivity contribution in [2.24, 2.45) is 11.1 Å². The zero-order chi connectivity index (χ0) is 30.4. The van der Waals surface area contributed by atoms with Crippen LogP contribution in [-0.4, -0.2) is 65.7 Å². The molecule has 2 saturated heterocycles. The number of amides is 2. The van der Waals surface area contributed by atoms with Crippen molar-refractivity contribution in [2.75, 3.05) is 42.9 Å². The Hall–Kier alpha value is -3.36. The highest BCUT2D eigenvalue weighted by atomic mass is 35.5. The molecule has 0 bridgehead atoms. The van der Waals surface area contributed by atoms with Crippen LogP contribution in [0.4, 0.5) is 11.4 Å². The van der Waals surface area contributed by atoms with Gasteiger partial charge in [-0.15, -0.1) is 0 Å². The number of carbonyl (C=O) groups excluding carboxylic acids is 3. The number of anilines is 2. The number of allylic oxidation sites excluding steroid dienone is 1. The van der Waals surface area contributed by atoms with Crippen LogP contribution in [-0.2, 0) is 14.4 Å². The van der Waals surface area contributed by atoms with Crippen LogP contribution in [0.2, 0.25) is 5.02 Å². The number of para-hydroxylation sites is 2. The topological polar surface area (TPSA) is 99.0 Å². The van der Waals surface area contributed by atoms with Gasteiger partial charge in [0, 0.05) is 35.8 Å². The summed E-state index contributed by atoms with van der Waals surface area (Å²) in [6, 6.07) is 15.0. The van der Waals surface area contributed by atoms with E-state index in [2.05, 4.69) is 24.1 Å². The third kappa shape index (κ3) is 5.55. The number of benzene rings is 2. The third-order valence-corrected chi connectivity index (χ3v) is 10.2. The van der Waals surface area contributed by atoms with Crippen molar-refractivity contribution in [1.82, 2.24) is 9.80 Å². The zero-order valence-corrected chi connectivity index (χ0v) is 26.0. The van der Waals surface area contributed by atoms with Gasteiger partial charge in [0.1, 0.15) is 5.54 Å². The normalized spacial score (nSPS) is 23.6. The predicted molar refractivity (Wildman–Crippen MR) is 170 cm³/mol. The molecule has 3 N–H and O–H groups in total. The lowest BCUT2D eigenvalue weighted by Gasteiger charge is -2.48. The highest BCUT2D eigenvalue weighted by Gasteiger charge is 2.47. The monoisotopic (exact) mass is 603 g/mol. The molecule has 0 saturated carbocycles. The minimum absolute atomic E-state index is 0.0452. The van der Waals surface area contributed by atoms with E-state index in [1.54, 1.807) is 0 Å². The highest BCUT2D eigenvalue weighted by molar-refractivity contribution is 6.31. The maximum absolute atomic E-state index is 14.2. The molecule has 2 fully saturated rings. The van der Waals surface area contributed by atoms with Gasteiger partial charge in [-0.3, -0.25) is 19.3 Å². The average Bonchev–Trinajstić information content (AvgIpc) is 3.11. The van der Waals surface area contributed by atoms with Gasteiger partial charge in [-0.2, -0.15) is 0 Å². The number of nitrogens with two attached hydrogens (primary N) is 1. The fourth-order valence-corrected chi connectivity index (χ4v) is 7.90. The van der Waals surface area contributed by atoms with Gasteiger partial charge >= 0.3 is 0 Å². The number of fused-ring (bicyclic) bond motifs is 1. The van der Waals surface area contributed by atoms with Crippen LogP contribution in [0.1, 0.15) is 70.4 Å². The number of carbonyl (C=O) groups is 3. The number of rotatable bonds is 5. The maximum atomic E-state index is 14.2. The molecule has 4 aliphatic rings. The summed E-state index contributed by atoms with van der Waals surface area (Å²) in [6.45, 7) is 6.96. The summed E-state index contributed by atoms with van der Waals surface area (Å²) >= 11 is 6.83. The first-order valence-electron chi connectivity index (χ1n) is 15.6. The van der Waals surface area contributed by atoms with Gasteiger partial charge in [0.25, 0.3) is 0 Å². The van der Waals surface area contributed by atoms with Crippen LogP contribution in [0, 0.1) is 5.41 Å². The minimum Gasteiger partial charge on any atom is -0.368 e. The smallest absolute Gasteiger partial charge is 0.242 e. The fourth-order valence-electron chi connectivity index (χ4n) is 7.66. The van der Waals surface area contributed by atoms with E-state index in [0.29, 0.717) is 49.4 Å². The number of primary amides is 1. The van der Waals surface area contributed by atoms with Crippen molar-refractivity contribution in [3.05, 3.63) is 70.4 Å². The molecular weight excluding hydrogens is 562 g/mol. The summed E-state index contributed by atoms with van der Waals surface area (Å²) in [5.74, 6) is -0.262. The quantitative estimate of drug-likeness (QED) is 0.482. The van der Waals surface area contributed by atoms with Gasteiger partial charge in [-0.1, -0.05) is 62.2 Å². The molecule has 2 aromatic carbocycles. The van der Waals surface area contributed by atoms with E-state index in [4.69, 9.17) is 17.3 Å². The molecule has 2 aromatic rings. The SMILES string of the molecule is CC1(C)CC(=O)C2=C(C1)Nc1ccccc1N(CC(=O)N1CCC(C(N)=O)(N3CCCCC3)CC1)C2c1ccccc1Cl. The second-order valence-corrected chi connectivity index (χ2v) is 13.8. The molecule has 1 aliphatic carbocycles. The van der Waals surface area contributed by atoms with Crippen LogP contribution in [0.5, 0.6) is 0 Å². The first-order valence-corrected chi connectivity index (χ1v) is 15.9. The minimum atomic E-state index is -0.697. The van der Waals surface area contributed by atoms with Crippen molar-refractivity contribution in [1.29, 1.82) is 0 Å². The first-order chi connectivity index (χ1) is 20.6. The lowest BCUT2D eigenvalue weighted by atomic mass is 9.73. The Balaban J connectivity index is 1.35. The summed E-state index contributed by atoms with van der Waals surface area (Å²) in [6.07, 6.45) is 5.50. The summed E-state index contributed by atoms with van der Waals surface area (Å²) in [4.78, 5) is 47.1. The summed E-state index contributed by atoms with van der Waals surface area (Å²) in [7, 11) is 0. The summed E-state index contributed by atoms with van der Waals surface area (Å²) < 4.78 is 0. The standard InChI is InChI=1S/C34H42ClN5O3/c1-33(2)20-26-30(28(41)21-33)31(23-10-4-5-11-24(23)35)40(27-13-7-6-12-25(27)37-26)22-29(42)38-18-14-34(15-19-38,32(36)43)39-16-8-3-9-17-39/h4-7,10-13,31,37H,3,8-9,14-22H2,1-2H3,(H2,36,43). The lowest BCUT2D eigenvalue weighted by molar-refractivity contribution is -0.141. The van der Waals surface area contributed by atoms with Crippen molar-refractivity contribution in [2.45, 2.75) is 70.4 Å². The van der Waals surface area contributed by atoms with Gasteiger partial charge in [0.05, 0.1) is 24.0 Å². The van der Waals surface area contributed by atoms with Crippen LogP contribution in [0.3, 0.4) is 0 Å². The summed E-state index contributed by atoms with van der Waals surface area (Å²) in [5, 5.41) is 4.16. The van der Waals surface area contributed by atoms with E-state index in [1.165, 1.54) is 6.42 Å². The molecule has 6 rings (SSSR count). The van der Waals surface area contributed by atoms with Crippen molar-refractivity contribution in [3.8, 4) is 0 Å². The number of likely N-dealkylation sites (tertiary alicyclic amines) is 2. The second-order valence-electron chi connectivity index (χ2n) is 13.4. The number of hydrogen-bond donors (Lipinski definition) is 2. The number of nitrogens with zero attached hydrogens (tertiary/aromatic N) is 3. The van der Waals surface area contributed by atoms with Crippen LogP contribution >= 0.6 is 11.6 Å². The number of Topliss-reactive ketones (excluding diaryl/α,β-unsaturated/α-hetero) is 1. The number of piperidine rings is 2. The molecule has 9 heteroatoms. The molecule has 43 heavy (non-hydrogen) atoms. The molecule has 0 radical (unpaired) electrons. The molecule has 0 spiro atoms. The molecule has 228 valence electrons. The Labute approximate surface area is 259 Å². The zero-order valence-electron chi connectivity index (χ0n) is 25.2. The van der Waals surface area contributed by atoms with E-state index >= 15 is 0 Å². The van der Waals surface area contributed by atoms with Crippen molar-refractivity contribution < 1.29 is 14.4 Å². The molecule has 0 aromatic heterocycles. The molecule has 3 heterocycles. The lowest BCUT2D eigenvalue weighted by Crippen LogP contribution is -2.64. The molecule has 1 unspecified atom stereocenters. The Kier molecular flexibility index (Phi) is 8.03. The van der Waals surface area contributed by atoms with Crippen molar-refractivity contribution in [3.63, 3.8) is 0 Å². The van der Waals surface area contributed by atoms with E-state index in [0.717, 1.165) is 48.6 Å². The van der Waals surface area contributed by atoms with Gasteiger partial charge in [-0.25, -0.2) is 0 Å².